The molecule has 2 N–H and O–H groups in total. The molecule has 0 spiro atoms. The van der Waals surface area contributed by atoms with Gasteiger partial charge in [0, 0.05) is 5.70 Å². The van der Waals surface area contributed by atoms with Crippen molar-refractivity contribution in [3.63, 3.8) is 0 Å². The van der Waals surface area contributed by atoms with Crippen LogP contribution in [0.2, 0.25) is 0 Å². The summed E-state index contributed by atoms with van der Waals surface area (Å²) in [5, 5.41) is 6.56. The van der Waals surface area contributed by atoms with E-state index in [9.17, 15) is 4.79 Å². The van der Waals surface area contributed by atoms with Crippen LogP contribution in [0.3, 0.4) is 0 Å². The van der Waals surface area contributed by atoms with E-state index in [-0.39, 0.29) is 41.6 Å². The zero-order chi connectivity index (χ0) is 13.8. The zero-order valence-corrected chi connectivity index (χ0v) is 14.6. The first kappa shape index (κ1) is 17.2. The van der Waals surface area contributed by atoms with E-state index < -0.39 is 0 Å². The normalized spacial score (nSPS) is 17.7. The Balaban J connectivity index is 0.00000200. The minimum absolute atomic E-state index is 0. The Morgan fingerprint density at radius 3 is 2.70 bits per heavy atom. The largest absolute Gasteiger partial charge is 1.00 e. The van der Waals surface area contributed by atoms with Crippen molar-refractivity contribution >= 4 is 23.3 Å². The molecular formula is C14H15N2NaO2S. The van der Waals surface area contributed by atoms with E-state index in [2.05, 4.69) is 16.7 Å². The number of nitrogens with one attached hydrogen (secondary N) is 2. The number of allylic oxidation sites excluding steroid dienone is 1. The van der Waals surface area contributed by atoms with Gasteiger partial charge in [0.25, 0.3) is 0 Å². The van der Waals surface area contributed by atoms with E-state index in [1.807, 2.05) is 19.1 Å². The van der Waals surface area contributed by atoms with Crippen LogP contribution >= 0.6 is 12.2 Å². The maximum absolute atomic E-state index is 12.1. The van der Waals surface area contributed by atoms with Gasteiger partial charge >= 0.3 is 35.5 Å². The van der Waals surface area contributed by atoms with E-state index in [1.54, 1.807) is 19.1 Å². The molecule has 0 fully saturated rings. The Morgan fingerprint density at radius 2 is 2.10 bits per heavy atom. The quantitative estimate of drug-likeness (QED) is 0.319. The molecule has 1 heterocycles. The molecule has 1 aromatic carbocycles. The summed E-state index contributed by atoms with van der Waals surface area (Å²) < 4.78 is 5.11. The molecule has 0 aliphatic carbocycles. The van der Waals surface area contributed by atoms with Crippen molar-refractivity contribution in [1.29, 1.82) is 0 Å². The van der Waals surface area contributed by atoms with Crippen LogP contribution in [-0.2, 0) is 9.53 Å². The van der Waals surface area contributed by atoms with Crippen molar-refractivity contribution in [2.24, 2.45) is 0 Å². The molecule has 1 unspecified atom stereocenters. The predicted molar refractivity (Wildman–Crippen MR) is 76.2 cm³/mol. The van der Waals surface area contributed by atoms with Gasteiger partial charge in [-0.3, -0.25) is 0 Å². The maximum atomic E-state index is 12.1. The van der Waals surface area contributed by atoms with E-state index >= 15 is 0 Å². The second-order valence-corrected chi connectivity index (χ2v) is 4.53. The van der Waals surface area contributed by atoms with Crippen LogP contribution in [0.15, 0.2) is 35.5 Å². The first-order chi connectivity index (χ1) is 9.13. The molecule has 0 radical (unpaired) electrons. The average Bonchev–Trinajstić information content (AvgIpc) is 2.39. The van der Waals surface area contributed by atoms with Crippen molar-refractivity contribution in [3.8, 4) is 0 Å². The van der Waals surface area contributed by atoms with Crippen molar-refractivity contribution in [2.45, 2.75) is 19.9 Å². The summed E-state index contributed by atoms with van der Waals surface area (Å²) in [6, 6.07) is 10.1. The number of carbonyl (C=O) groups is 1. The molecule has 0 bridgehead atoms. The van der Waals surface area contributed by atoms with Gasteiger partial charge in [0.1, 0.15) is 0 Å². The van der Waals surface area contributed by atoms with Gasteiger partial charge in [0.2, 0.25) is 0 Å². The molecular weight excluding hydrogens is 283 g/mol. The molecule has 1 aromatic rings. The van der Waals surface area contributed by atoms with E-state index in [0.717, 1.165) is 11.3 Å². The van der Waals surface area contributed by atoms with Crippen LogP contribution in [0, 0.1) is 6.07 Å². The Hall–Kier alpha value is -0.880. The smallest absolute Gasteiger partial charge is 0.463 e. The van der Waals surface area contributed by atoms with E-state index in [4.69, 9.17) is 17.0 Å². The number of rotatable bonds is 3. The fraction of sp³-hybridized carbons (Fsp3) is 0.286. The van der Waals surface area contributed by atoms with Crippen LogP contribution in [0.5, 0.6) is 0 Å². The Bertz CT molecular complexity index is 531. The third-order valence-electron chi connectivity index (χ3n) is 2.84. The van der Waals surface area contributed by atoms with Crippen LogP contribution < -0.4 is 40.2 Å². The number of hydrogen-bond donors (Lipinski definition) is 2. The van der Waals surface area contributed by atoms with Crippen LogP contribution in [0.4, 0.5) is 0 Å². The van der Waals surface area contributed by atoms with Crippen LogP contribution in [0.1, 0.15) is 25.5 Å². The SMILES string of the molecule is CCOC(=O)C1=C(C)NC(=S)NC1c1cc[c-]cc1.[Na+]. The van der Waals surface area contributed by atoms with Crippen molar-refractivity contribution in [3.05, 3.63) is 47.2 Å². The van der Waals surface area contributed by atoms with Gasteiger partial charge in [-0.1, -0.05) is 0 Å². The fourth-order valence-electron chi connectivity index (χ4n) is 2.02. The molecule has 1 aliphatic rings. The summed E-state index contributed by atoms with van der Waals surface area (Å²) in [5.41, 5.74) is 2.23. The number of thiocarbonyl (C=S) groups is 1. The first-order valence-electron chi connectivity index (χ1n) is 6.05. The average molecular weight is 298 g/mol. The summed E-state index contributed by atoms with van der Waals surface area (Å²) in [4.78, 5) is 12.1. The molecule has 4 nitrogen and oxygen atoms in total. The van der Waals surface area contributed by atoms with Gasteiger partial charge in [-0.25, -0.2) is 4.79 Å². The summed E-state index contributed by atoms with van der Waals surface area (Å²) >= 11 is 5.15. The maximum Gasteiger partial charge on any atom is 1.00 e. The topological polar surface area (TPSA) is 50.4 Å². The fourth-order valence-corrected chi connectivity index (χ4v) is 2.29. The second-order valence-electron chi connectivity index (χ2n) is 4.12. The standard InChI is InChI=1S/C14H15N2O2S.Na/c1-3-18-13(17)11-9(2)15-14(19)16-12(11)10-7-5-4-6-8-10;/h5-8,12H,3H2,1-2H3,(H2,15,16,19);/q-1;+1. The molecule has 1 atom stereocenters. The van der Waals surface area contributed by atoms with Gasteiger partial charge < -0.3 is 15.4 Å². The monoisotopic (exact) mass is 298 g/mol. The molecule has 100 valence electrons. The second kappa shape index (κ2) is 7.78. The molecule has 1 aliphatic heterocycles. The number of esters is 1. The number of benzene rings is 1. The first-order valence-corrected chi connectivity index (χ1v) is 6.45. The zero-order valence-electron chi connectivity index (χ0n) is 11.8. The minimum Gasteiger partial charge on any atom is -0.463 e. The summed E-state index contributed by atoms with van der Waals surface area (Å²) in [5.74, 6) is -0.333. The molecule has 0 amide bonds. The van der Waals surface area contributed by atoms with Crippen molar-refractivity contribution in [1.82, 2.24) is 10.6 Å². The summed E-state index contributed by atoms with van der Waals surface area (Å²) in [7, 11) is 0. The summed E-state index contributed by atoms with van der Waals surface area (Å²) in [6.45, 7) is 3.95. The molecule has 0 saturated carbocycles. The predicted octanol–water partition coefficient (Wildman–Crippen LogP) is -1.15. The van der Waals surface area contributed by atoms with Gasteiger partial charge in [0.05, 0.1) is 18.2 Å². The third-order valence-corrected chi connectivity index (χ3v) is 3.06. The van der Waals surface area contributed by atoms with Crippen LogP contribution in [-0.4, -0.2) is 17.7 Å². The molecule has 6 heteroatoms. The van der Waals surface area contributed by atoms with Gasteiger partial charge in [0.15, 0.2) is 5.11 Å². The molecule has 0 saturated heterocycles. The molecule has 20 heavy (non-hydrogen) atoms. The number of ether oxygens (including phenoxy) is 1. The minimum atomic E-state index is -0.333. The van der Waals surface area contributed by atoms with E-state index in [1.165, 1.54) is 0 Å². The van der Waals surface area contributed by atoms with Crippen molar-refractivity contribution in [2.75, 3.05) is 6.61 Å². The Labute approximate surface area is 146 Å². The molecule has 2 rings (SSSR count). The van der Waals surface area contributed by atoms with Gasteiger partial charge in [-0.05, 0) is 26.1 Å². The summed E-state index contributed by atoms with van der Waals surface area (Å²) in [6.07, 6.45) is 0. The number of hydrogen-bond acceptors (Lipinski definition) is 3. The Morgan fingerprint density at radius 1 is 1.45 bits per heavy atom. The van der Waals surface area contributed by atoms with Crippen LogP contribution in [0.25, 0.3) is 0 Å². The third kappa shape index (κ3) is 3.82. The number of carbonyl (C=O) groups excluding carboxylic acids is 1. The van der Waals surface area contributed by atoms with Gasteiger partial charge in [-0.2, -0.15) is 30.3 Å². The Kier molecular flexibility index (Phi) is 6.68. The van der Waals surface area contributed by atoms with Crippen molar-refractivity contribution < 1.29 is 39.1 Å². The van der Waals surface area contributed by atoms with Gasteiger partial charge in [-0.15, -0.1) is 5.56 Å². The van der Waals surface area contributed by atoms with E-state index in [0.29, 0.717) is 17.3 Å². The molecule has 0 aromatic heterocycles.